The van der Waals surface area contributed by atoms with Gasteiger partial charge in [-0.25, -0.2) is 4.98 Å². The molecule has 3 rings (SSSR count). The van der Waals surface area contributed by atoms with Crippen LogP contribution in [0, 0.1) is 13.8 Å². The highest BCUT2D eigenvalue weighted by atomic mass is 16.5. The lowest BCUT2D eigenvalue weighted by molar-refractivity contribution is 0.414. The lowest BCUT2D eigenvalue weighted by Crippen LogP contribution is -2.10. The van der Waals surface area contributed by atoms with Gasteiger partial charge in [0.1, 0.15) is 11.6 Å². The van der Waals surface area contributed by atoms with E-state index in [1.165, 1.54) is 16.7 Å². The Kier molecular flexibility index (Phi) is 6.26. The van der Waals surface area contributed by atoms with Gasteiger partial charge in [-0.05, 0) is 43.5 Å². The van der Waals surface area contributed by atoms with Gasteiger partial charge in [0.25, 0.3) is 0 Å². The van der Waals surface area contributed by atoms with E-state index in [2.05, 4.69) is 63.9 Å². The van der Waals surface area contributed by atoms with Crippen molar-refractivity contribution >= 4 is 11.8 Å². The smallest absolute Gasteiger partial charge is 0.224 e. The fourth-order valence-electron chi connectivity index (χ4n) is 2.86. The molecule has 5 heteroatoms. The Morgan fingerprint density at radius 1 is 0.889 bits per heavy atom. The van der Waals surface area contributed by atoms with Crippen molar-refractivity contribution < 1.29 is 4.74 Å². The summed E-state index contributed by atoms with van der Waals surface area (Å²) in [5.74, 6) is 2.35. The maximum Gasteiger partial charge on any atom is 0.224 e. The molecule has 0 spiro atoms. The molecular formula is C22H26N4O. The zero-order valence-electron chi connectivity index (χ0n) is 16.1. The van der Waals surface area contributed by atoms with Crippen LogP contribution in [0.2, 0.25) is 0 Å². The third kappa shape index (κ3) is 5.71. The molecule has 2 aromatic carbocycles. The molecule has 2 N–H and O–H groups in total. The van der Waals surface area contributed by atoms with Crippen LogP contribution in [0.3, 0.4) is 0 Å². The summed E-state index contributed by atoms with van der Waals surface area (Å²) in [5.41, 5.74) is 4.67. The van der Waals surface area contributed by atoms with Crippen molar-refractivity contribution in [3.8, 4) is 5.75 Å². The second-order valence-corrected chi connectivity index (χ2v) is 6.59. The first-order valence-corrected chi connectivity index (χ1v) is 9.14. The summed E-state index contributed by atoms with van der Waals surface area (Å²) in [6, 6.07) is 18.5. The lowest BCUT2D eigenvalue weighted by Gasteiger charge is -2.10. The third-order valence-corrected chi connectivity index (χ3v) is 4.27. The highest BCUT2D eigenvalue weighted by Gasteiger charge is 2.03. The highest BCUT2D eigenvalue weighted by molar-refractivity contribution is 5.43. The molecular weight excluding hydrogens is 336 g/mol. The van der Waals surface area contributed by atoms with Crippen LogP contribution in [0.1, 0.15) is 22.4 Å². The van der Waals surface area contributed by atoms with Crippen molar-refractivity contribution in [1.82, 2.24) is 9.97 Å². The fraction of sp³-hybridized carbons (Fsp3) is 0.273. The third-order valence-electron chi connectivity index (χ3n) is 4.27. The van der Waals surface area contributed by atoms with E-state index in [0.717, 1.165) is 36.8 Å². The van der Waals surface area contributed by atoms with Gasteiger partial charge in [0.15, 0.2) is 0 Å². The van der Waals surface area contributed by atoms with E-state index < -0.39 is 0 Å². The normalized spacial score (nSPS) is 10.5. The molecule has 0 fully saturated rings. The number of hydrogen-bond donors (Lipinski definition) is 2. The summed E-state index contributed by atoms with van der Waals surface area (Å²) in [5, 5.41) is 6.70. The number of nitrogens with zero attached hydrogens (tertiary/aromatic N) is 2. The topological polar surface area (TPSA) is 59.1 Å². The molecule has 0 saturated heterocycles. The van der Waals surface area contributed by atoms with Gasteiger partial charge in [0.05, 0.1) is 7.11 Å². The Balaban J connectivity index is 1.56. The largest absolute Gasteiger partial charge is 0.497 e. The van der Waals surface area contributed by atoms with Crippen LogP contribution in [0.4, 0.5) is 11.8 Å². The summed E-state index contributed by atoms with van der Waals surface area (Å²) >= 11 is 0. The van der Waals surface area contributed by atoms with E-state index in [9.17, 15) is 0 Å². The van der Waals surface area contributed by atoms with Gasteiger partial charge in [-0.1, -0.05) is 42.0 Å². The molecule has 3 aromatic rings. The minimum absolute atomic E-state index is 0.648. The van der Waals surface area contributed by atoms with Crippen LogP contribution < -0.4 is 15.4 Å². The number of methoxy groups -OCH3 is 1. The Labute approximate surface area is 160 Å². The van der Waals surface area contributed by atoms with E-state index in [4.69, 9.17) is 4.74 Å². The van der Waals surface area contributed by atoms with E-state index >= 15 is 0 Å². The molecule has 0 aliphatic rings. The number of nitrogens with one attached hydrogen (secondary N) is 2. The van der Waals surface area contributed by atoms with Crippen molar-refractivity contribution in [2.45, 2.75) is 26.8 Å². The predicted octanol–water partition coefficient (Wildman–Crippen LogP) is 4.37. The van der Waals surface area contributed by atoms with E-state index in [-0.39, 0.29) is 0 Å². The van der Waals surface area contributed by atoms with Gasteiger partial charge in [-0.2, -0.15) is 4.98 Å². The van der Waals surface area contributed by atoms with Crippen LogP contribution in [-0.4, -0.2) is 23.6 Å². The zero-order valence-corrected chi connectivity index (χ0v) is 16.1. The zero-order chi connectivity index (χ0) is 19.1. The molecule has 0 amide bonds. The number of ether oxygens (including phenoxy) is 1. The predicted molar refractivity (Wildman–Crippen MR) is 110 cm³/mol. The second kappa shape index (κ2) is 9.03. The van der Waals surface area contributed by atoms with Crippen molar-refractivity contribution in [2.24, 2.45) is 0 Å². The number of rotatable bonds is 8. The van der Waals surface area contributed by atoms with E-state index in [0.29, 0.717) is 5.95 Å². The molecule has 0 saturated carbocycles. The number of anilines is 2. The Morgan fingerprint density at radius 2 is 1.70 bits per heavy atom. The number of hydrogen-bond acceptors (Lipinski definition) is 5. The molecule has 0 atom stereocenters. The molecule has 0 aliphatic heterocycles. The van der Waals surface area contributed by atoms with E-state index in [1.807, 2.05) is 25.1 Å². The van der Waals surface area contributed by atoms with Gasteiger partial charge in [0.2, 0.25) is 5.95 Å². The minimum atomic E-state index is 0.648. The van der Waals surface area contributed by atoms with Crippen LogP contribution in [0.5, 0.6) is 5.75 Å². The van der Waals surface area contributed by atoms with Crippen molar-refractivity contribution in [1.29, 1.82) is 0 Å². The van der Waals surface area contributed by atoms with Gasteiger partial charge < -0.3 is 15.4 Å². The highest BCUT2D eigenvalue weighted by Crippen LogP contribution is 2.14. The summed E-state index contributed by atoms with van der Waals surface area (Å²) in [6.45, 7) is 5.59. The van der Waals surface area contributed by atoms with Crippen LogP contribution >= 0.6 is 0 Å². The average Bonchev–Trinajstić information content (AvgIpc) is 2.67. The summed E-state index contributed by atoms with van der Waals surface area (Å²) in [6.07, 6.45) is 0.896. The first kappa shape index (κ1) is 18.7. The number of aryl methyl sites for hydroxylation is 2. The maximum absolute atomic E-state index is 5.19. The van der Waals surface area contributed by atoms with Gasteiger partial charge in [0, 0.05) is 24.8 Å². The number of benzene rings is 2. The van der Waals surface area contributed by atoms with Crippen LogP contribution in [0.25, 0.3) is 0 Å². The molecule has 0 unspecified atom stereocenters. The first-order valence-electron chi connectivity index (χ1n) is 9.14. The van der Waals surface area contributed by atoms with Gasteiger partial charge in [-0.15, -0.1) is 0 Å². The quantitative estimate of drug-likeness (QED) is 0.623. The van der Waals surface area contributed by atoms with Crippen LogP contribution in [0.15, 0.2) is 54.6 Å². The molecule has 27 heavy (non-hydrogen) atoms. The standard InChI is InChI=1S/C22H26N4O/c1-16-5-4-6-19(13-16)15-24-21-14-17(2)25-22(26-21)23-12-11-18-7-9-20(27-3)10-8-18/h4-10,13-14H,11-12,15H2,1-3H3,(H2,23,24,25,26). The van der Waals surface area contributed by atoms with E-state index in [1.54, 1.807) is 7.11 Å². The van der Waals surface area contributed by atoms with Crippen molar-refractivity contribution in [3.63, 3.8) is 0 Å². The Bertz CT molecular complexity index is 878. The summed E-state index contributed by atoms with van der Waals surface area (Å²) in [7, 11) is 1.68. The fourth-order valence-corrected chi connectivity index (χ4v) is 2.86. The van der Waals surface area contributed by atoms with Gasteiger partial charge >= 0.3 is 0 Å². The van der Waals surface area contributed by atoms with Crippen LogP contribution in [-0.2, 0) is 13.0 Å². The molecule has 0 radical (unpaired) electrons. The summed E-state index contributed by atoms with van der Waals surface area (Å²) in [4.78, 5) is 9.06. The molecule has 1 aromatic heterocycles. The molecule has 0 aliphatic carbocycles. The molecule has 140 valence electrons. The molecule has 5 nitrogen and oxygen atoms in total. The average molecular weight is 362 g/mol. The van der Waals surface area contributed by atoms with Gasteiger partial charge in [-0.3, -0.25) is 0 Å². The van der Waals surface area contributed by atoms with Crippen molar-refractivity contribution in [3.05, 3.63) is 77.0 Å². The SMILES string of the molecule is COc1ccc(CCNc2nc(C)cc(NCc3cccc(C)c3)n2)cc1. The molecule has 1 heterocycles. The lowest BCUT2D eigenvalue weighted by atomic mass is 10.1. The monoisotopic (exact) mass is 362 g/mol. The Morgan fingerprint density at radius 3 is 2.44 bits per heavy atom. The molecule has 0 bridgehead atoms. The minimum Gasteiger partial charge on any atom is -0.497 e. The maximum atomic E-state index is 5.19. The van der Waals surface area contributed by atoms with Crippen molar-refractivity contribution in [2.75, 3.05) is 24.3 Å². The summed E-state index contributed by atoms with van der Waals surface area (Å²) < 4.78 is 5.19. The number of aromatic nitrogens is 2. The second-order valence-electron chi connectivity index (χ2n) is 6.59. The Hall–Kier alpha value is -3.08. The first-order chi connectivity index (χ1) is 13.1.